The van der Waals surface area contributed by atoms with Crippen LogP contribution in [0.3, 0.4) is 0 Å². The molecule has 0 spiro atoms. The van der Waals surface area contributed by atoms with Crippen LogP contribution in [0.25, 0.3) is 11.1 Å². The summed E-state index contributed by atoms with van der Waals surface area (Å²) in [6, 6.07) is 0. The molecule has 1 amide bonds. The summed E-state index contributed by atoms with van der Waals surface area (Å²) in [5.41, 5.74) is 0.482. The number of amides is 1. The molecule has 0 aliphatic carbocycles. The number of fused-ring (bicyclic) bond motifs is 1. The van der Waals surface area contributed by atoms with Gasteiger partial charge in [0.15, 0.2) is 0 Å². The van der Waals surface area contributed by atoms with Crippen molar-refractivity contribution in [1.82, 2.24) is 24.4 Å². The van der Waals surface area contributed by atoms with Crippen LogP contribution in [-0.4, -0.2) is 51.0 Å². The standard InChI is InChI=1S/C17H20N6O3.ClH/c1-11-13(15(24)21-12-7-18-9-19-8-12)14-16(26-11)20-10-23(17(14)25)6-4-5-22(2)3;/h7-10H,4-6H2,1-3H3,(H,21,24);1H. The second kappa shape index (κ2) is 8.74. The topological polar surface area (TPSA) is 106 Å². The second-order valence-electron chi connectivity index (χ2n) is 6.19. The van der Waals surface area contributed by atoms with Crippen molar-refractivity contribution in [1.29, 1.82) is 0 Å². The highest BCUT2D eigenvalue weighted by Crippen LogP contribution is 2.22. The fraction of sp³-hybridized carbons (Fsp3) is 0.353. The van der Waals surface area contributed by atoms with Gasteiger partial charge in [-0.05, 0) is 34.0 Å². The summed E-state index contributed by atoms with van der Waals surface area (Å²) < 4.78 is 7.01. The van der Waals surface area contributed by atoms with Gasteiger partial charge in [-0.2, -0.15) is 0 Å². The van der Waals surface area contributed by atoms with E-state index < -0.39 is 5.91 Å². The van der Waals surface area contributed by atoms with Crippen LogP contribution in [0.1, 0.15) is 22.5 Å². The van der Waals surface area contributed by atoms with Gasteiger partial charge in [-0.15, -0.1) is 12.4 Å². The maximum absolute atomic E-state index is 12.8. The van der Waals surface area contributed by atoms with Crippen molar-refractivity contribution in [3.05, 3.63) is 46.7 Å². The fourth-order valence-corrected chi connectivity index (χ4v) is 2.68. The number of carbonyl (C=O) groups is 1. The molecule has 10 heteroatoms. The van der Waals surface area contributed by atoms with E-state index in [1.165, 1.54) is 29.6 Å². The first-order valence-corrected chi connectivity index (χ1v) is 8.17. The van der Waals surface area contributed by atoms with E-state index in [1.54, 1.807) is 6.92 Å². The van der Waals surface area contributed by atoms with E-state index in [2.05, 4.69) is 20.3 Å². The maximum Gasteiger partial charge on any atom is 0.265 e. The normalized spacial score (nSPS) is 10.8. The molecule has 3 rings (SSSR count). The predicted octanol–water partition coefficient (Wildman–Crippen LogP) is 1.71. The molecule has 0 aromatic carbocycles. The Morgan fingerprint density at radius 1 is 1.30 bits per heavy atom. The lowest BCUT2D eigenvalue weighted by molar-refractivity contribution is 0.102. The van der Waals surface area contributed by atoms with E-state index in [4.69, 9.17) is 4.42 Å². The van der Waals surface area contributed by atoms with Gasteiger partial charge >= 0.3 is 0 Å². The van der Waals surface area contributed by atoms with Gasteiger partial charge in [0.2, 0.25) is 5.71 Å². The predicted molar refractivity (Wildman–Crippen MR) is 103 cm³/mol. The molecule has 0 unspecified atom stereocenters. The van der Waals surface area contributed by atoms with Gasteiger partial charge in [-0.3, -0.25) is 14.2 Å². The highest BCUT2D eigenvalue weighted by molar-refractivity contribution is 6.12. The van der Waals surface area contributed by atoms with Crippen LogP contribution in [0, 0.1) is 6.92 Å². The minimum absolute atomic E-state index is 0. The molecule has 27 heavy (non-hydrogen) atoms. The molecule has 3 aromatic heterocycles. The van der Waals surface area contributed by atoms with E-state index in [-0.39, 0.29) is 34.6 Å². The van der Waals surface area contributed by atoms with Crippen LogP contribution in [0.2, 0.25) is 0 Å². The zero-order chi connectivity index (χ0) is 18.7. The third-order valence-corrected chi connectivity index (χ3v) is 3.90. The number of carbonyl (C=O) groups excluding carboxylic acids is 1. The Labute approximate surface area is 161 Å². The first-order chi connectivity index (χ1) is 12.5. The Bertz CT molecular complexity index is 983. The molecule has 0 atom stereocenters. The van der Waals surface area contributed by atoms with Gasteiger partial charge in [0.1, 0.15) is 23.8 Å². The Morgan fingerprint density at radius 3 is 2.67 bits per heavy atom. The number of hydrogen-bond donors (Lipinski definition) is 1. The van der Waals surface area contributed by atoms with Crippen molar-refractivity contribution < 1.29 is 9.21 Å². The molecular formula is C17H21ClN6O3. The Kier molecular flexibility index (Phi) is 6.65. The molecule has 0 bridgehead atoms. The number of nitrogens with zero attached hydrogens (tertiary/aromatic N) is 5. The lowest BCUT2D eigenvalue weighted by Gasteiger charge is -2.10. The fourth-order valence-electron chi connectivity index (χ4n) is 2.68. The van der Waals surface area contributed by atoms with Gasteiger partial charge in [0, 0.05) is 6.54 Å². The molecule has 144 valence electrons. The van der Waals surface area contributed by atoms with E-state index in [0.29, 0.717) is 18.0 Å². The van der Waals surface area contributed by atoms with Crippen molar-refractivity contribution in [2.24, 2.45) is 0 Å². The minimum atomic E-state index is -0.457. The third kappa shape index (κ3) is 4.50. The summed E-state index contributed by atoms with van der Waals surface area (Å²) >= 11 is 0. The van der Waals surface area contributed by atoms with Gasteiger partial charge in [0.05, 0.1) is 23.6 Å². The SMILES string of the molecule is Cc1oc2ncn(CCCN(C)C)c(=O)c2c1C(=O)Nc1cncnc1.Cl. The number of halogens is 1. The zero-order valence-corrected chi connectivity index (χ0v) is 16.1. The molecule has 0 aliphatic heterocycles. The van der Waals surface area contributed by atoms with Gasteiger partial charge in [0.25, 0.3) is 11.5 Å². The molecule has 3 heterocycles. The molecule has 0 saturated carbocycles. The summed E-state index contributed by atoms with van der Waals surface area (Å²) in [6.07, 6.45) is 6.56. The summed E-state index contributed by atoms with van der Waals surface area (Å²) in [4.78, 5) is 39.4. The van der Waals surface area contributed by atoms with Crippen molar-refractivity contribution in [3.63, 3.8) is 0 Å². The molecule has 1 N–H and O–H groups in total. The average molecular weight is 393 g/mol. The van der Waals surface area contributed by atoms with Gasteiger partial charge in [-0.1, -0.05) is 0 Å². The number of rotatable bonds is 6. The summed E-state index contributed by atoms with van der Waals surface area (Å²) in [6.45, 7) is 2.99. The van der Waals surface area contributed by atoms with Gasteiger partial charge < -0.3 is 14.6 Å². The number of furan rings is 1. The Balaban J connectivity index is 0.00000261. The lowest BCUT2D eigenvalue weighted by Crippen LogP contribution is -2.24. The molecule has 3 aromatic rings. The summed E-state index contributed by atoms with van der Waals surface area (Å²) in [7, 11) is 3.94. The molecular weight excluding hydrogens is 372 g/mol. The monoisotopic (exact) mass is 392 g/mol. The third-order valence-electron chi connectivity index (χ3n) is 3.90. The highest BCUT2D eigenvalue weighted by Gasteiger charge is 2.23. The van der Waals surface area contributed by atoms with E-state index in [9.17, 15) is 9.59 Å². The smallest absolute Gasteiger partial charge is 0.265 e. The number of aromatic nitrogens is 4. The summed E-state index contributed by atoms with van der Waals surface area (Å²) in [5, 5.41) is 2.86. The van der Waals surface area contributed by atoms with E-state index in [0.717, 1.165) is 13.0 Å². The Hall–Kier alpha value is -2.78. The number of anilines is 1. The second-order valence-corrected chi connectivity index (χ2v) is 6.19. The molecule has 0 radical (unpaired) electrons. The van der Waals surface area contributed by atoms with Crippen LogP contribution >= 0.6 is 12.4 Å². The number of hydrogen-bond acceptors (Lipinski definition) is 7. The van der Waals surface area contributed by atoms with Gasteiger partial charge in [-0.25, -0.2) is 15.0 Å². The molecule has 0 aliphatic rings. The first kappa shape index (κ1) is 20.5. The van der Waals surface area contributed by atoms with Crippen LogP contribution in [0.5, 0.6) is 0 Å². The molecule has 0 fully saturated rings. The minimum Gasteiger partial charge on any atom is -0.442 e. The number of aryl methyl sites for hydroxylation is 2. The highest BCUT2D eigenvalue weighted by atomic mass is 35.5. The van der Waals surface area contributed by atoms with Crippen LogP contribution in [0.15, 0.2) is 34.3 Å². The Morgan fingerprint density at radius 2 is 2.00 bits per heavy atom. The van der Waals surface area contributed by atoms with Crippen molar-refractivity contribution in [3.8, 4) is 0 Å². The quantitative estimate of drug-likeness (QED) is 0.680. The molecule has 0 saturated heterocycles. The zero-order valence-electron chi connectivity index (χ0n) is 15.3. The average Bonchev–Trinajstić information content (AvgIpc) is 2.94. The molecule has 9 nitrogen and oxygen atoms in total. The lowest BCUT2D eigenvalue weighted by atomic mass is 10.1. The largest absolute Gasteiger partial charge is 0.442 e. The summed E-state index contributed by atoms with van der Waals surface area (Å²) in [5.74, 6) is -0.119. The van der Waals surface area contributed by atoms with Crippen molar-refractivity contribution in [2.45, 2.75) is 19.9 Å². The number of nitrogens with one attached hydrogen (secondary N) is 1. The van der Waals surface area contributed by atoms with Crippen LogP contribution in [-0.2, 0) is 6.54 Å². The first-order valence-electron chi connectivity index (χ1n) is 8.17. The van der Waals surface area contributed by atoms with Crippen molar-refractivity contribution in [2.75, 3.05) is 26.0 Å². The van der Waals surface area contributed by atoms with Crippen LogP contribution < -0.4 is 10.9 Å². The van der Waals surface area contributed by atoms with E-state index in [1.807, 2.05) is 19.0 Å². The maximum atomic E-state index is 12.8. The van der Waals surface area contributed by atoms with Crippen molar-refractivity contribution >= 4 is 35.1 Å². The van der Waals surface area contributed by atoms with E-state index >= 15 is 0 Å². The van der Waals surface area contributed by atoms with Crippen LogP contribution in [0.4, 0.5) is 5.69 Å².